The first kappa shape index (κ1) is 14.0. The van der Waals surface area contributed by atoms with Gasteiger partial charge in [-0.15, -0.1) is 0 Å². The van der Waals surface area contributed by atoms with Crippen molar-refractivity contribution in [2.75, 3.05) is 0 Å². The molecule has 5 rings (SSSR count). The molecule has 0 unspecified atom stereocenters. The van der Waals surface area contributed by atoms with Crippen LogP contribution in [0.4, 0.5) is 0 Å². The van der Waals surface area contributed by atoms with Crippen molar-refractivity contribution in [3.8, 4) is 0 Å². The van der Waals surface area contributed by atoms with Crippen LogP contribution in [0.1, 0.15) is 50.7 Å². The predicted octanol–water partition coefficient (Wildman–Crippen LogP) is 7.42. The van der Waals surface area contributed by atoms with Gasteiger partial charge in [0.15, 0.2) is 0 Å². The average Bonchev–Trinajstić information content (AvgIpc) is 2.56. The standard InChI is InChI=1S/C24H22/c1-13(2)15-5-7-17-21(11-15)19-9-10-20-22-12-16(14(3)4)6-8-18(22)24(20)23(17)19/h5-14H,1-4H3. The lowest BCUT2D eigenvalue weighted by Gasteiger charge is -2.21. The topological polar surface area (TPSA) is 0 Å². The largest absolute Gasteiger partial charge is 0.0587 e. The van der Waals surface area contributed by atoms with E-state index in [4.69, 9.17) is 0 Å². The average molecular weight is 310 g/mol. The third kappa shape index (κ3) is 1.64. The summed E-state index contributed by atoms with van der Waals surface area (Å²) in [4.78, 5) is 0. The SMILES string of the molecule is CC(C)c1ccc2c(c1)c1ccc3c4cc(C(C)C)ccc4c3c21. The molecule has 118 valence electrons. The number of hydrogen-bond donors (Lipinski definition) is 0. The lowest BCUT2D eigenvalue weighted by Crippen LogP contribution is -1.95. The smallest absolute Gasteiger partial charge is 0.00139 e. The Kier molecular flexibility index (Phi) is 2.69. The molecule has 0 aliphatic rings. The summed E-state index contributed by atoms with van der Waals surface area (Å²) in [6.07, 6.45) is 0. The molecule has 0 nitrogen and oxygen atoms in total. The van der Waals surface area contributed by atoms with Crippen LogP contribution >= 0.6 is 0 Å². The van der Waals surface area contributed by atoms with Gasteiger partial charge in [-0.1, -0.05) is 76.2 Å². The Morgan fingerprint density at radius 3 is 1.12 bits per heavy atom. The Morgan fingerprint density at radius 1 is 0.458 bits per heavy atom. The molecule has 0 radical (unpaired) electrons. The maximum Gasteiger partial charge on any atom is -0.00139 e. The molecule has 0 N–H and O–H groups in total. The summed E-state index contributed by atoms with van der Waals surface area (Å²) in [5.74, 6) is 1.17. The molecule has 0 aromatic heterocycles. The highest BCUT2D eigenvalue weighted by molar-refractivity contribution is 6.42. The minimum absolute atomic E-state index is 0.584. The van der Waals surface area contributed by atoms with Gasteiger partial charge < -0.3 is 0 Å². The Bertz CT molecular complexity index is 1070. The van der Waals surface area contributed by atoms with E-state index < -0.39 is 0 Å². The van der Waals surface area contributed by atoms with Crippen LogP contribution in [0.3, 0.4) is 0 Å². The molecule has 0 saturated heterocycles. The number of benzene rings is 3. The molecular formula is C24H22. The summed E-state index contributed by atoms with van der Waals surface area (Å²) in [6, 6.07) is 18.7. The third-order valence-corrected chi connectivity index (χ3v) is 5.74. The summed E-state index contributed by atoms with van der Waals surface area (Å²) in [5, 5.41) is 11.6. The lowest BCUT2D eigenvalue weighted by molar-refractivity contribution is 0.869. The minimum atomic E-state index is 0.584. The van der Waals surface area contributed by atoms with Crippen molar-refractivity contribution in [2.45, 2.75) is 39.5 Å². The maximum absolute atomic E-state index is 2.39. The summed E-state index contributed by atoms with van der Waals surface area (Å²) >= 11 is 0. The third-order valence-electron chi connectivity index (χ3n) is 5.74. The Morgan fingerprint density at radius 2 is 0.792 bits per heavy atom. The summed E-state index contributed by atoms with van der Waals surface area (Å²) in [6.45, 7) is 9.06. The monoisotopic (exact) mass is 310 g/mol. The summed E-state index contributed by atoms with van der Waals surface area (Å²) in [5.41, 5.74) is 2.87. The molecule has 0 amide bonds. The second-order valence-corrected chi connectivity index (χ2v) is 7.83. The molecule has 0 aliphatic carbocycles. The van der Waals surface area contributed by atoms with Gasteiger partial charge >= 0.3 is 0 Å². The normalized spacial score (nSPS) is 12.9. The fourth-order valence-electron chi connectivity index (χ4n) is 4.21. The van der Waals surface area contributed by atoms with E-state index in [2.05, 4.69) is 76.2 Å². The lowest BCUT2D eigenvalue weighted by atomic mass is 9.82. The highest BCUT2D eigenvalue weighted by Crippen LogP contribution is 2.47. The van der Waals surface area contributed by atoms with Gasteiger partial charge in [-0.05, 0) is 66.1 Å². The Hall–Kier alpha value is -2.34. The van der Waals surface area contributed by atoms with Crippen LogP contribution in [0.25, 0.3) is 43.1 Å². The maximum atomic E-state index is 2.39. The second-order valence-electron chi connectivity index (χ2n) is 7.83. The molecule has 0 saturated carbocycles. The van der Waals surface area contributed by atoms with Crippen LogP contribution in [-0.2, 0) is 0 Å². The first-order valence-corrected chi connectivity index (χ1v) is 9.02. The molecule has 5 aromatic rings. The molecule has 5 aromatic carbocycles. The van der Waals surface area contributed by atoms with Gasteiger partial charge in [-0.2, -0.15) is 0 Å². The van der Waals surface area contributed by atoms with Gasteiger partial charge in [0.05, 0.1) is 0 Å². The van der Waals surface area contributed by atoms with Crippen molar-refractivity contribution < 1.29 is 0 Å². The van der Waals surface area contributed by atoms with Crippen LogP contribution in [0.2, 0.25) is 0 Å². The molecule has 0 fully saturated rings. The first-order chi connectivity index (χ1) is 11.6. The van der Waals surface area contributed by atoms with E-state index in [0.717, 1.165) is 0 Å². The van der Waals surface area contributed by atoms with E-state index in [1.165, 1.54) is 54.2 Å². The van der Waals surface area contributed by atoms with Crippen LogP contribution in [-0.4, -0.2) is 0 Å². The van der Waals surface area contributed by atoms with E-state index in [9.17, 15) is 0 Å². The van der Waals surface area contributed by atoms with Gasteiger partial charge in [0.1, 0.15) is 0 Å². The number of rotatable bonds is 2. The fraction of sp³-hybridized carbons (Fsp3) is 0.250. The van der Waals surface area contributed by atoms with Crippen molar-refractivity contribution in [3.63, 3.8) is 0 Å². The minimum Gasteiger partial charge on any atom is -0.0587 e. The molecule has 0 heteroatoms. The quantitative estimate of drug-likeness (QED) is 0.318. The molecule has 0 spiro atoms. The van der Waals surface area contributed by atoms with Crippen LogP contribution < -0.4 is 0 Å². The molecule has 0 atom stereocenters. The van der Waals surface area contributed by atoms with Crippen molar-refractivity contribution in [1.29, 1.82) is 0 Å². The Balaban J connectivity index is 1.81. The van der Waals surface area contributed by atoms with Crippen molar-refractivity contribution in [1.82, 2.24) is 0 Å². The van der Waals surface area contributed by atoms with Crippen LogP contribution in [0.15, 0.2) is 48.5 Å². The van der Waals surface area contributed by atoms with E-state index in [0.29, 0.717) is 11.8 Å². The van der Waals surface area contributed by atoms with Crippen molar-refractivity contribution in [3.05, 3.63) is 59.7 Å². The molecular weight excluding hydrogens is 288 g/mol. The van der Waals surface area contributed by atoms with Gasteiger partial charge in [-0.3, -0.25) is 0 Å². The summed E-state index contributed by atoms with van der Waals surface area (Å²) < 4.78 is 0. The molecule has 0 aliphatic heterocycles. The van der Waals surface area contributed by atoms with E-state index in [1.807, 2.05) is 0 Å². The van der Waals surface area contributed by atoms with Crippen molar-refractivity contribution in [2.24, 2.45) is 0 Å². The van der Waals surface area contributed by atoms with Crippen LogP contribution in [0.5, 0.6) is 0 Å². The van der Waals surface area contributed by atoms with Gasteiger partial charge in [0.2, 0.25) is 0 Å². The number of hydrogen-bond acceptors (Lipinski definition) is 0. The zero-order valence-corrected chi connectivity index (χ0v) is 14.8. The van der Waals surface area contributed by atoms with E-state index in [-0.39, 0.29) is 0 Å². The number of fused-ring (bicyclic) bond motifs is 9. The zero-order chi connectivity index (χ0) is 16.6. The zero-order valence-electron chi connectivity index (χ0n) is 14.8. The highest BCUT2D eigenvalue weighted by atomic mass is 14.2. The first-order valence-electron chi connectivity index (χ1n) is 9.02. The summed E-state index contributed by atoms with van der Waals surface area (Å²) in [7, 11) is 0. The predicted molar refractivity (Wildman–Crippen MR) is 107 cm³/mol. The molecule has 24 heavy (non-hydrogen) atoms. The van der Waals surface area contributed by atoms with Gasteiger partial charge in [0, 0.05) is 0 Å². The Labute approximate surface area is 142 Å². The van der Waals surface area contributed by atoms with Gasteiger partial charge in [-0.25, -0.2) is 0 Å². The second kappa shape index (κ2) is 4.60. The molecule has 0 bridgehead atoms. The fourth-order valence-corrected chi connectivity index (χ4v) is 4.21. The van der Waals surface area contributed by atoms with Gasteiger partial charge in [0.25, 0.3) is 0 Å². The van der Waals surface area contributed by atoms with E-state index in [1.54, 1.807) is 0 Å². The van der Waals surface area contributed by atoms with E-state index >= 15 is 0 Å². The van der Waals surface area contributed by atoms with Crippen LogP contribution in [0, 0.1) is 0 Å². The highest BCUT2D eigenvalue weighted by Gasteiger charge is 2.19. The molecule has 0 heterocycles. The van der Waals surface area contributed by atoms with Crippen molar-refractivity contribution >= 4 is 43.1 Å².